The minimum Gasteiger partial charge on any atom is -0.452 e. The molecule has 34 heavy (non-hydrogen) atoms. The average molecular weight is 488 g/mol. The molecule has 0 aliphatic carbocycles. The van der Waals surface area contributed by atoms with Crippen LogP contribution in [0.3, 0.4) is 0 Å². The molecule has 0 spiro atoms. The van der Waals surface area contributed by atoms with Gasteiger partial charge in [0.2, 0.25) is 10.0 Å². The van der Waals surface area contributed by atoms with Crippen molar-refractivity contribution in [1.29, 1.82) is 0 Å². The molecule has 2 amide bonds. The molecule has 1 N–H and O–H groups in total. The fraction of sp³-hybridized carbons (Fsp3) is 0.375. The number of nitrogens with one attached hydrogen (secondary N) is 1. The highest BCUT2D eigenvalue weighted by Crippen LogP contribution is 2.23. The first-order valence-electron chi connectivity index (χ1n) is 11.0. The van der Waals surface area contributed by atoms with Crippen molar-refractivity contribution in [3.8, 4) is 0 Å². The van der Waals surface area contributed by atoms with Gasteiger partial charge >= 0.3 is 5.97 Å². The van der Waals surface area contributed by atoms with Crippen molar-refractivity contribution in [2.24, 2.45) is 0 Å². The van der Waals surface area contributed by atoms with Gasteiger partial charge in [0.1, 0.15) is 0 Å². The van der Waals surface area contributed by atoms with Crippen molar-refractivity contribution in [3.05, 3.63) is 59.2 Å². The molecule has 2 aromatic carbocycles. The Bertz CT molecular complexity index is 1170. The van der Waals surface area contributed by atoms with Gasteiger partial charge in [-0.15, -0.1) is 0 Å². The van der Waals surface area contributed by atoms with E-state index in [0.29, 0.717) is 29.9 Å². The summed E-state index contributed by atoms with van der Waals surface area (Å²) in [6.07, 6.45) is 2.62. The van der Waals surface area contributed by atoms with Gasteiger partial charge in [0.05, 0.1) is 10.5 Å². The highest BCUT2D eigenvalue weighted by atomic mass is 32.2. The Morgan fingerprint density at radius 3 is 2.26 bits per heavy atom. The third-order valence-corrected chi connectivity index (χ3v) is 7.43. The molecular weight excluding hydrogens is 458 g/mol. The number of carbonyl (C=O) groups excluding carboxylic acids is 3. The number of piperidine rings is 1. The molecular formula is C24H29N3O6S. The largest absolute Gasteiger partial charge is 0.452 e. The number of hydrogen-bond acceptors (Lipinski definition) is 6. The molecule has 0 aromatic heterocycles. The van der Waals surface area contributed by atoms with E-state index in [9.17, 15) is 22.8 Å². The number of sulfonamides is 1. The maximum absolute atomic E-state index is 12.9. The Morgan fingerprint density at radius 2 is 1.65 bits per heavy atom. The molecule has 0 unspecified atom stereocenters. The number of benzene rings is 2. The molecule has 1 aliphatic heterocycles. The molecule has 1 fully saturated rings. The summed E-state index contributed by atoms with van der Waals surface area (Å²) < 4.78 is 32.4. The molecule has 2 aromatic rings. The maximum Gasteiger partial charge on any atom is 0.338 e. The lowest BCUT2D eigenvalue weighted by atomic mass is 10.1. The van der Waals surface area contributed by atoms with Crippen LogP contribution in [0.25, 0.3) is 0 Å². The van der Waals surface area contributed by atoms with E-state index in [1.165, 1.54) is 21.3 Å². The van der Waals surface area contributed by atoms with Gasteiger partial charge in [0, 0.05) is 38.4 Å². The Hall–Kier alpha value is -3.24. The highest BCUT2D eigenvalue weighted by molar-refractivity contribution is 7.89. The molecule has 10 heteroatoms. The smallest absolute Gasteiger partial charge is 0.338 e. The van der Waals surface area contributed by atoms with E-state index >= 15 is 0 Å². The summed E-state index contributed by atoms with van der Waals surface area (Å²) in [6, 6.07) is 10.7. The molecule has 3 rings (SSSR count). The molecule has 9 nitrogen and oxygen atoms in total. The fourth-order valence-electron chi connectivity index (χ4n) is 3.60. The molecule has 1 saturated heterocycles. The van der Waals surface area contributed by atoms with Crippen molar-refractivity contribution in [2.45, 2.75) is 31.1 Å². The van der Waals surface area contributed by atoms with E-state index < -0.39 is 28.5 Å². The van der Waals surface area contributed by atoms with E-state index in [-0.39, 0.29) is 16.4 Å². The second-order valence-electron chi connectivity index (χ2n) is 8.34. The normalized spacial score (nSPS) is 14.3. The standard InChI is InChI=1S/C24H29N3O6S/c1-17-7-12-20(34(31,32)27-13-5-4-6-14-27)15-21(17)24(30)33-16-22(28)25-19-10-8-18(9-11-19)23(29)26(2)3/h7-12,15H,4-6,13-14,16H2,1-3H3,(H,25,28). The Kier molecular flexibility index (Phi) is 8.06. The van der Waals surface area contributed by atoms with Gasteiger partial charge in [-0.3, -0.25) is 9.59 Å². The van der Waals surface area contributed by atoms with Crippen LogP contribution in [0.1, 0.15) is 45.5 Å². The molecule has 0 saturated carbocycles. The number of rotatable bonds is 7. The summed E-state index contributed by atoms with van der Waals surface area (Å²) in [7, 11) is -0.411. The van der Waals surface area contributed by atoms with E-state index in [0.717, 1.165) is 19.3 Å². The van der Waals surface area contributed by atoms with E-state index in [4.69, 9.17) is 4.74 Å². The molecule has 1 heterocycles. The summed E-state index contributed by atoms with van der Waals surface area (Å²) in [5, 5.41) is 2.59. The van der Waals surface area contributed by atoms with E-state index in [1.54, 1.807) is 51.4 Å². The van der Waals surface area contributed by atoms with Gasteiger partial charge < -0.3 is 15.0 Å². The van der Waals surface area contributed by atoms with Crippen LogP contribution >= 0.6 is 0 Å². The van der Waals surface area contributed by atoms with Crippen LogP contribution in [0.2, 0.25) is 0 Å². The number of anilines is 1. The molecule has 1 aliphatic rings. The third-order valence-electron chi connectivity index (χ3n) is 5.54. The Labute approximate surface area is 199 Å². The fourth-order valence-corrected chi connectivity index (χ4v) is 5.14. The van der Waals surface area contributed by atoms with Crippen LogP contribution in [0.5, 0.6) is 0 Å². The summed E-state index contributed by atoms with van der Waals surface area (Å²) in [5.74, 6) is -1.50. The predicted molar refractivity (Wildman–Crippen MR) is 127 cm³/mol. The van der Waals surface area contributed by atoms with Crippen molar-refractivity contribution in [3.63, 3.8) is 0 Å². The minimum absolute atomic E-state index is 0.0313. The number of aryl methyl sites for hydroxylation is 1. The van der Waals surface area contributed by atoms with Crippen LogP contribution in [0.15, 0.2) is 47.4 Å². The monoisotopic (exact) mass is 487 g/mol. The SMILES string of the molecule is Cc1ccc(S(=O)(=O)N2CCCCC2)cc1C(=O)OCC(=O)Nc1ccc(C(=O)N(C)C)cc1. The first-order valence-corrected chi connectivity index (χ1v) is 12.4. The van der Waals surface area contributed by atoms with Crippen molar-refractivity contribution < 1.29 is 27.5 Å². The zero-order valence-electron chi connectivity index (χ0n) is 19.5. The molecule has 182 valence electrons. The Balaban J connectivity index is 1.62. The van der Waals surface area contributed by atoms with Crippen LogP contribution in [-0.2, 0) is 19.6 Å². The first kappa shape index (κ1) is 25.4. The molecule has 0 atom stereocenters. The summed E-state index contributed by atoms with van der Waals surface area (Å²) in [4.78, 5) is 38.2. The van der Waals surface area contributed by atoms with Crippen molar-refractivity contribution in [1.82, 2.24) is 9.21 Å². The van der Waals surface area contributed by atoms with Gasteiger partial charge in [-0.05, 0) is 61.7 Å². The lowest BCUT2D eigenvalue weighted by Gasteiger charge is -2.26. The number of amides is 2. The summed E-state index contributed by atoms with van der Waals surface area (Å²) >= 11 is 0. The van der Waals surface area contributed by atoms with Crippen molar-refractivity contribution >= 4 is 33.5 Å². The van der Waals surface area contributed by atoms with Gasteiger partial charge in [-0.25, -0.2) is 13.2 Å². The number of ether oxygens (including phenoxy) is 1. The molecule has 0 bridgehead atoms. The first-order chi connectivity index (χ1) is 16.1. The summed E-state index contributed by atoms with van der Waals surface area (Å²) in [5.41, 5.74) is 1.56. The van der Waals surface area contributed by atoms with Crippen molar-refractivity contribution in [2.75, 3.05) is 39.1 Å². The number of carbonyl (C=O) groups is 3. The van der Waals surface area contributed by atoms with Crippen LogP contribution in [0.4, 0.5) is 5.69 Å². The Morgan fingerprint density at radius 1 is 1.00 bits per heavy atom. The average Bonchev–Trinajstić information content (AvgIpc) is 2.83. The predicted octanol–water partition coefficient (Wildman–Crippen LogP) is 2.67. The van der Waals surface area contributed by atoms with E-state index in [2.05, 4.69) is 5.32 Å². The van der Waals surface area contributed by atoms with Gasteiger partial charge in [0.25, 0.3) is 11.8 Å². The number of esters is 1. The summed E-state index contributed by atoms with van der Waals surface area (Å²) in [6.45, 7) is 2.05. The van der Waals surface area contributed by atoms with Gasteiger partial charge in [-0.1, -0.05) is 12.5 Å². The zero-order chi connectivity index (χ0) is 24.9. The van der Waals surface area contributed by atoms with E-state index in [1.807, 2.05) is 0 Å². The minimum atomic E-state index is -3.70. The van der Waals surface area contributed by atoms with Gasteiger partial charge in [-0.2, -0.15) is 4.31 Å². The van der Waals surface area contributed by atoms with Gasteiger partial charge in [0.15, 0.2) is 6.61 Å². The second-order valence-corrected chi connectivity index (χ2v) is 10.3. The van der Waals surface area contributed by atoms with Crippen LogP contribution < -0.4 is 5.32 Å². The second kappa shape index (κ2) is 10.8. The van der Waals surface area contributed by atoms with Crippen LogP contribution in [-0.4, -0.2) is 69.2 Å². The highest BCUT2D eigenvalue weighted by Gasteiger charge is 2.27. The number of nitrogens with zero attached hydrogens (tertiary/aromatic N) is 2. The zero-order valence-corrected chi connectivity index (χ0v) is 20.4. The lowest BCUT2D eigenvalue weighted by molar-refractivity contribution is -0.119. The lowest BCUT2D eigenvalue weighted by Crippen LogP contribution is -2.35. The molecule has 0 radical (unpaired) electrons. The maximum atomic E-state index is 12.9. The van der Waals surface area contributed by atoms with Crippen LogP contribution in [0, 0.1) is 6.92 Å². The topological polar surface area (TPSA) is 113 Å². The third kappa shape index (κ3) is 6.00. The number of hydrogen-bond donors (Lipinski definition) is 1. The quantitative estimate of drug-likeness (QED) is 0.601.